The number of amides is 1. The minimum absolute atomic E-state index is 0.0172. The molecular formula is C26H29ClN4O. The van der Waals surface area contributed by atoms with Gasteiger partial charge in [0, 0.05) is 42.3 Å². The van der Waals surface area contributed by atoms with Gasteiger partial charge >= 0.3 is 0 Å². The Balaban J connectivity index is 1.57. The maximum Gasteiger partial charge on any atom is 0.274 e. The Morgan fingerprint density at radius 1 is 1.19 bits per heavy atom. The minimum Gasteiger partial charge on any atom is -0.336 e. The summed E-state index contributed by atoms with van der Waals surface area (Å²) >= 11 is 5.97. The van der Waals surface area contributed by atoms with Crippen molar-refractivity contribution in [1.29, 1.82) is 0 Å². The van der Waals surface area contributed by atoms with Crippen LogP contribution in [0.4, 0.5) is 0 Å². The van der Waals surface area contributed by atoms with Crippen LogP contribution in [0.25, 0.3) is 23.4 Å². The minimum atomic E-state index is 0.0172. The summed E-state index contributed by atoms with van der Waals surface area (Å²) in [6.07, 6.45) is 5.13. The number of likely N-dealkylation sites (tertiary alicyclic amines) is 1. The highest BCUT2D eigenvalue weighted by Gasteiger charge is 2.30. The smallest absolute Gasteiger partial charge is 0.274 e. The molecule has 1 atom stereocenters. The zero-order valence-corrected chi connectivity index (χ0v) is 19.6. The van der Waals surface area contributed by atoms with Crippen molar-refractivity contribution in [2.24, 2.45) is 7.05 Å². The maximum absolute atomic E-state index is 13.2. The number of benzene rings is 2. The third-order valence-corrected chi connectivity index (χ3v) is 6.21. The number of carbonyl (C=O) groups is 1. The van der Waals surface area contributed by atoms with Gasteiger partial charge in [0.15, 0.2) is 5.69 Å². The van der Waals surface area contributed by atoms with Crippen LogP contribution in [0.5, 0.6) is 0 Å². The average molecular weight is 449 g/mol. The zero-order valence-electron chi connectivity index (χ0n) is 18.8. The van der Waals surface area contributed by atoms with Gasteiger partial charge in [-0.25, -0.2) is 0 Å². The van der Waals surface area contributed by atoms with Gasteiger partial charge in [-0.05, 0) is 49.2 Å². The summed E-state index contributed by atoms with van der Waals surface area (Å²) in [4.78, 5) is 15.1. The normalized spacial score (nSPS) is 16.2. The average Bonchev–Trinajstić information content (AvgIpc) is 3.37. The topological polar surface area (TPSA) is 50.2 Å². The molecule has 166 valence electrons. The van der Waals surface area contributed by atoms with E-state index in [1.54, 1.807) is 0 Å². The van der Waals surface area contributed by atoms with Crippen molar-refractivity contribution in [3.63, 3.8) is 0 Å². The molecule has 4 rings (SSSR count). The fraction of sp³-hybridized carbons (Fsp3) is 0.308. The number of carbonyl (C=O) groups excluding carboxylic acids is 1. The Labute approximate surface area is 194 Å². The van der Waals surface area contributed by atoms with Crippen molar-refractivity contribution in [2.75, 3.05) is 19.6 Å². The second-order valence-corrected chi connectivity index (χ2v) is 8.69. The van der Waals surface area contributed by atoms with Gasteiger partial charge in [0.25, 0.3) is 5.91 Å². The Morgan fingerprint density at radius 3 is 2.69 bits per heavy atom. The highest BCUT2D eigenvalue weighted by Crippen LogP contribution is 2.28. The number of halogens is 1. The molecule has 6 heteroatoms. The number of aryl methyl sites for hydroxylation is 1. The lowest BCUT2D eigenvalue weighted by atomic mass is 10.0. The molecule has 1 unspecified atom stereocenters. The van der Waals surface area contributed by atoms with Crippen molar-refractivity contribution in [1.82, 2.24) is 20.0 Å². The molecule has 1 saturated heterocycles. The van der Waals surface area contributed by atoms with E-state index >= 15 is 0 Å². The first-order valence-electron chi connectivity index (χ1n) is 11.1. The van der Waals surface area contributed by atoms with Gasteiger partial charge < -0.3 is 10.2 Å². The quantitative estimate of drug-likeness (QED) is 0.537. The summed E-state index contributed by atoms with van der Waals surface area (Å²) < 4.78 is 1.82. The Kier molecular flexibility index (Phi) is 6.77. The Morgan fingerprint density at radius 2 is 1.94 bits per heavy atom. The molecule has 1 aliphatic rings. The number of aromatic nitrogens is 2. The first kappa shape index (κ1) is 22.3. The van der Waals surface area contributed by atoms with E-state index in [2.05, 4.69) is 47.7 Å². The van der Waals surface area contributed by atoms with E-state index in [4.69, 9.17) is 11.6 Å². The maximum atomic E-state index is 13.2. The lowest BCUT2D eigenvalue weighted by Gasteiger charge is -2.16. The SMILES string of the molecule is CCNC1CCN(C(=O)c2nn(C)c(-c3cccc(/C=C/c4ccc(Cl)cc4)c3)c2C)C1. The van der Waals surface area contributed by atoms with Gasteiger partial charge in [0.05, 0.1) is 5.69 Å². The molecule has 3 aromatic rings. The van der Waals surface area contributed by atoms with E-state index in [1.165, 1.54) is 0 Å². The lowest BCUT2D eigenvalue weighted by molar-refractivity contribution is 0.0782. The molecule has 32 heavy (non-hydrogen) atoms. The first-order chi connectivity index (χ1) is 15.5. The van der Waals surface area contributed by atoms with Crippen molar-refractivity contribution in [2.45, 2.75) is 26.3 Å². The van der Waals surface area contributed by atoms with Crippen molar-refractivity contribution < 1.29 is 4.79 Å². The molecule has 1 aliphatic heterocycles. The number of rotatable bonds is 6. The number of hydrogen-bond donors (Lipinski definition) is 1. The van der Waals surface area contributed by atoms with Crippen LogP contribution in [0.1, 0.15) is 40.5 Å². The Hall–Kier alpha value is -2.89. The Bertz CT molecular complexity index is 1130. The monoisotopic (exact) mass is 448 g/mol. The molecule has 2 aromatic carbocycles. The van der Waals surface area contributed by atoms with Crippen LogP contribution >= 0.6 is 11.6 Å². The molecule has 2 heterocycles. The van der Waals surface area contributed by atoms with E-state index in [9.17, 15) is 4.79 Å². The van der Waals surface area contributed by atoms with Crippen LogP contribution in [-0.2, 0) is 7.05 Å². The summed E-state index contributed by atoms with van der Waals surface area (Å²) in [5.74, 6) is 0.0172. The van der Waals surface area contributed by atoms with Gasteiger partial charge in [-0.15, -0.1) is 0 Å². The second-order valence-electron chi connectivity index (χ2n) is 8.25. The predicted octanol–water partition coefficient (Wildman–Crippen LogP) is 5.04. The fourth-order valence-corrected chi connectivity index (χ4v) is 4.47. The van der Waals surface area contributed by atoms with E-state index < -0.39 is 0 Å². The summed E-state index contributed by atoms with van der Waals surface area (Å²) in [5.41, 5.74) is 5.65. The van der Waals surface area contributed by atoms with Gasteiger partial charge in [-0.1, -0.05) is 61.0 Å². The third-order valence-electron chi connectivity index (χ3n) is 5.95. The molecule has 0 bridgehead atoms. The summed E-state index contributed by atoms with van der Waals surface area (Å²) in [6, 6.07) is 16.4. The van der Waals surface area contributed by atoms with E-state index in [1.807, 2.05) is 53.9 Å². The molecule has 0 spiro atoms. The number of likely N-dealkylation sites (N-methyl/N-ethyl adjacent to an activating group) is 1. The molecule has 0 aliphatic carbocycles. The van der Waals surface area contributed by atoms with Crippen LogP contribution in [0.2, 0.25) is 5.02 Å². The lowest BCUT2D eigenvalue weighted by Crippen LogP contribution is -2.35. The van der Waals surface area contributed by atoms with Crippen molar-refractivity contribution in [3.8, 4) is 11.3 Å². The summed E-state index contributed by atoms with van der Waals surface area (Å²) in [5, 5.41) is 8.78. The largest absolute Gasteiger partial charge is 0.336 e. The molecule has 0 saturated carbocycles. The van der Waals surface area contributed by atoms with Crippen LogP contribution in [-0.4, -0.2) is 46.3 Å². The van der Waals surface area contributed by atoms with E-state index in [-0.39, 0.29) is 5.91 Å². The van der Waals surface area contributed by atoms with Gasteiger partial charge in [0.1, 0.15) is 0 Å². The number of hydrogen-bond acceptors (Lipinski definition) is 3. The van der Waals surface area contributed by atoms with Gasteiger partial charge in [-0.3, -0.25) is 9.48 Å². The second kappa shape index (κ2) is 9.72. The van der Waals surface area contributed by atoms with Crippen LogP contribution in [0.15, 0.2) is 48.5 Å². The van der Waals surface area contributed by atoms with Crippen molar-refractivity contribution in [3.05, 3.63) is 75.9 Å². The first-order valence-corrected chi connectivity index (χ1v) is 11.4. The molecule has 5 nitrogen and oxygen atoms in total. The summed E-state index contributed by atoms with van der Waals surface area (Å²) in [7, 11) is 1.90. The molecule has 1 amide bonds. The fourth-order valence-electron chi connectivity index (χ4n) is 4.34. The molecular weight excluding hydrogens is 420 g/mol. The summed E-state index contributed by atoms with van der Waals surface area (Å²) in [6.45, 7) is 6.51. The van der Waals surface area contributed by atoms with Crippen LogP contribution < -0.4 is 5.32 Å². The van der Waals surface area contributed by atoms with Gasteiger partial charge in [0.2, 0.25) is 0 Å². The van der Waals surface area contributed by atoms with E-state index in [0.717, 1.165) is 59.0 Å². The predicted molar refractivity (Wildman–Crippen MR) is 132 cm³/mol. The number of nitrogens with one attached hydrogen (secondary N) is 1. The molecule has 1 fully saturated rings. The van der Waals surface area contributed by atoms with Crippen LogP contribution in [0.3, 0.4) is 0 Å². The zero-order chi connectivity index (χ0) is 22.7. The third kappa shape index (κ3) is 4.79. The van der Waals surface area contributed by atoms with E-state index in [0.29, 0.717) is 11.7 Å². The molecule has 1 aromatic heterocycles. The highest BCUT2D eigenvalue weighted by molar-refractivity contribution is 6.30. The number of nitrogens with zero attached hydrogens (tertiary/aromatic N) is 3. The van der Waals surface area contributed by atoms with Crippen molar-refractivity contribution >= 4 is 29.7 Å². The standard InChI is InChI=1S/C26H29ClN4O/c1-4-28-23-14-15-31(17-23)26(32)24-18(2)25(30(3)29-24)21-7-5-6-20(16-21)9-8-19-10-12-22(27)13-11-19/h5-13,16,23,28H,4,14-15,17H2,1-3H3/b9-8+. The van der Waals surface area contributed by atoms with Gasteiger partial charge in [-0.2, -0.15) is 5.10 Å². The highest BCUT2D eigenvalue weighted by atomic mass is 35.5. The van der Waals surface area contributed by atoms with Crippen LogP contribution in [0, 0.1) is 6.92 Å². The molecule has 1 N–H and O–H groups in total. The molecule has 0 radical (unpaired) electrons.